The highest BCUT2D eigenvalue weighted by Crippen LogP contribution is 2.53. The molecule has 0 unspecified atom stereocenters. The van der Waals surface area contributed by atoms with E-state index in [4.69, 9.17) is 0 Å². The Hall–Kier alpha value is -7.94. The second-order valence-corrected chi connectivity index (χ2v) is 20.7. The molecular weight excluding hydrogens is 845 g/mol. The van der Waals surface area contributed by atoms with E-state index in [1.807, 2.05) is 0 Å². The Labute approximate surface area is 415 Å². The van der Waals surface area contributed by atoms with Crippen LogP contribution in [-0.2, 0) is 10.8 Å². The number of rotatable bonds is 10. The van der Waals surface area contributed by atoms with Gasteiger partial charge in [-0.3, -0.25) is 0 Å². The van der Waals surface area contributed by atoms with Crippen LogP contribution >= 0.6 is 0 Å². The van der Waals surface area contributed by atoms with Crippen molar-refractivity contribution in [3.8, 4) is 22.3 Å². The monoisotopic (exact) mass is 904 g/mol. The smallest absolute Gasteiger partial charge is 0.0465 e. The molecule has 0 saturated carbocycles. The van der Waals surface area contributed by atoms with E-state index in [2.05, 4.69) is 284 Å². The Balaban J connectivity index is 0.801. The number of anilines is 6. The first kappa shape index (κ1) is 44.6. The van der Waals surface area contributed by atoms with Crippen molar-refractivity contribution in [1.82, 2.24) is 0 Å². The summed E-state index contributed by atoms with van der Waals surface area (Å²) in [7, 11) is 0. The lowest BCUT2D eigenvalue weighted by Crippen LogP contribution is -2.16. The fraction of sp³-hybridized carbons (Fsp3) is 0.147. The van der Waals surface area contributed by atoms with Crippen molar-refractivity contribution >= 4 is 58.4 Å². The summed E-state index contributed by atoms with van der Waals surface area (Å²) >= 11 is 0. The lowest BCUT2D eigenvalue weighted by molar-refractivity contribution is 0.660. The summed E-state index contributed by atoms with van der Waals surface area (Å²) in [5.41, 5.74) is 27.2. The molecule has 0 aromatic heterocycles. The first-order valence-electron chi connectivity index (χ1n) is 24.7. The molecule has 0 bridgehead atoms. The van der Waals surface area contributed by atoms with Crippen LogP contribution in [0.1, 0.15) is 94.5 Å². The van der Waals surface area contributed by atoms with Crippen molar-refractivity contribution in [2.45, 2.75) is 66.2 Å². The Kier molecular flexibility index (Phi) is 11.2. The molecule has 0 atom stereocenters. The van der Waals surface area contributed by atoms with Gasteiger partial charge in [0.25, 0.3) is 0 Å². The maximum Gasteiger partial charge on any atom is 0.0465 e. The molecule has 0 radical (unpaired) electrons. The lowest BCUT2D eigenvalue weighted by atomic mass is 9.81. The van der Waals surface area contributed by atoms with Crippen molar-refractivity contribution in [2.24, 2.45) is 0 Å². The predicted molar refractivity (Wildman–Crippen MR) is 301 cm³/mol. The summed E-state index contributed by atoms with van der Waals surface area (Å²) in [5.74, 6) is 0. The molecule has 2 nitrogen and oxygen atoms in total. The van der Waals surface area contributed by atoms with Crippen LogP contribution < -0.4 is 9.80 Å². The largest absolute Gasteiger partial charge is 0.310 e. The highest BCUT2D eigenvalue weighted by atomic mass is 15.1. The lowest BCUT2D eigenvalue weighted by Gasteiger charge is -2.28. The molecule has 2 heteroatoms. The van der Waals surface area contributed by atoms with Crippen LogP contribution in [-0.4, -0.2) is 0 Å². The molecule has 0 amide bonds. The summed E-state index contributed by atoms with van der Waals surface area (Å²) in [6.45, 7) is 18.1. The Morgan fingerprint density at radius 3 is 0.843 bits per heavy atom. The number of hydrogen-bond acceptors (Lipinski definition) is 2. The van der Waals surface area contributed by atoms with Crippen LogP contribution in [0.4, 0.5) is 34.1 Å². The molecule has 0 aliphatic heterocycles. The molecule has 9 aromatic rings. The summed E-state index contributed by atoms with van der Waals surface area (Å²) in [6.07, 6.45) is 8.97. The highest BCUT2D eigenvalue weighted by Gasteiger charge is 2.37. The molecule has 2 aliphatic rings. The second-order valence-electron chi connectivity index (χ2n) is 20.7. The topological polar surface area (TPSA) is 6.48 Å². The third-order valence-corrected chi connectivity index (χ3v) is 14.8. The zero-order chi connectivity index (χ0) is 48.3. The van der Waals surface area contributed by atoms with Crippen molar-refractivity contribution in [1.29, 1.82) is 0 Å². The van der Waals surface area contributed by atoms with Gasteiger partial charge in [0.15, 0.2) is 0 Å². The number of hydrogen-bond donors (Lipinski definition) is 0. The molecule has 0 N–H and O–H groups in total. The molecule has 70 heavy (non-hydrogen) atoms. The van der Waals surface area contributed by atoms with Crippen molar-refractivity contribution in [3.63, 3.8) is 0 Å². The van der Waals surface area contributed by atoms with Crippen molar-refractivity contribution in [2.75, 3.05) is 9.80 Å². The third kappa shape index (κ3) is 8.18. The fourth-order valence-corrected chi connectivity index (χ4v) is 11.0. The standard InChI is InChI=1S/C68H60N2/c1-45-13-9-17-53(37-45)69(54-18-10-14-46(2)38-54)57-31-35-61-59-33-29-51(41-63(59)67(5,6)65(61)43-57)27-25-49-21-23-50(24-22-49)26-28-52-30-34-60-62-36-32-58(44-66(62)68(7,8)64(60)42-52)70(55-19-11-15-47(3)39-55)56-20-12-16-48(4)40-56/h9-44H,1-8H3. The Morgan fingerprint density at radius 1 is 0.271 bits per heavy atom. The maximum absolute atomic E-state index is 2.42. The minimum atomic E-state index is -0.156. The zero-order valence-electron chi connectivity index (χ0n) is 41.7. The first-order valence-corrected chi connectivity index (χ1v) is 24.7. The summed E-state index contributed by atoms with van der Waals surface area (Å²) in [4.78, 5) is 4.79. The normalized spacial score (nSPS) is 13.8. The minimum Gasteiger partial charge on any atom is -0.310 e. The minimum absolute atomic E-state index is 0.156. The molecule has 0 heterocycles. The van der Waals surface area contributed by atoms with E-state index >= 15 is 0 Å². The second kappa shape index (κ2) is 17.5. The van der Waals surface area contributed by atoms with Crippen molar-refractivity contribution in [3.05, 3.63) is 261 Å². The van der Waals surface area contributed by atoms with Crippen LogP contribution in [0.15, 0.2) is 194 Å². The van der Waals surface area contributed by atoms with Gasteiger partial charge in [0.1, 0.15) is 0 Å². The van der Waals surface area contributed by atoms with E-state index in [1.54, 1.807) is 0 Å². The molecule has 0 saturated heterocycles. The maximum atomic E-state index is 2.42. The van der Waals surface area contributed by atoms with Crippen LogP contribution in [0.2, 0.25) is 0 Å². The highest BCUT2D eigenvalue weighted by molar-refractivity contribution is 5.89. The van der Waals surface area contributed by atoms with Crippen LogP contribution in [0, 0.1) is 27.7 Å². The fourth-order valence-electron chi connectivity index (χ4n) is 11.0. The SMILES string of the molecule is Cc1cccc(N(c2cccc(C)c2)c2ccc3c(c2)C(C)(C)c2cc(C=Cc4ccc(C=Cc5ccc6c(c5)C(C)(C)c5cc(N(c7cccc(C)c7)c7cccc(C)c7)ccc5-6)cc4)ccc2-3)c1. The molecule has 0 fully saturated rings. The van der Waals surface area contributed by atoms with Gasteiger partial charge in [-0.25, -0.2) is 0 Å². The molecule has 11 rings (SSSR count). The van der Waals surface area contributed by atoms with E-state index in [1.165, 1.54) is 123 Å². The molecule has 2 aliphatic carbocycles. The van der Waals surface area contributed by atoms with E-state index in [0.29, 0.717) is 0 Å². The molecule has 342 valence electrons. The van der Waals surface area contributed by atoms with E-state index in [-0.39, 0.29) is 10.8 Å². The summed E-state index contributed by atoms with van der Waals surface area (Å²) in [6, 6.07) is 72.1. The summed E-state index contributed by atoms with van der Waals surface area (Å²) in [5, 5.41) is 0. The van der Waals surface area contributed by atoms with E-state index in [9.17, 15) is 0 Å². The van der Waals surface area contributed by atoms with E-state index in [0.717, 1.165) is 0 Å². The van der Waals surface area contributed by atoms with Gasteiger partial charge in [-0.05, 0) is 190 Å². The number of aryl methyl sites for hydroxylation is 4. The third-order valence-electron chi connectivity index (χ3n) is 14.8. The zero-order valence-corrected chi connectivity index (χ0v) is 41.7. The average Bonchev–Trinajstić information content (AvgIpc) is 3.71. The van der Waals surface area contributed by atoms with Gasteiger partial charge < -0.3 is 9.80 Å². The average molecular weight is 905 g/mol. The van der Waals surface area contributed by atoms with Gasteiger partial charge in [0.2, 0.25) is 0 Å². The molecular formula is C68H60N2. The van der Waals surface area contributed by atoms with Crippen LogP contribution in [0.3, 0.4) is 0 Å². The van der Waals surface area contributed by atoms with Gasteiger partial charge in [-0.2, -0.15) is 0 Å². The number of nitrogens with zero attached hydrogens (tertiary/aromatic N) is 2. The Bertz CT molecular complexity index is 3220. The van der Waals surface area contributed by atoms with Crippen LogP contribution in [0.5, 0.6) is 0 Å². The molecule has 9 aromatic carbocycles. The van der Waals surface area contributed by atoms with E-state index < -0.39 is 0 Å². The van der Waals surface area contributed by atoms with Gasteiger partial charge in [-0.1, -0.05) is 173 Å². The number of fused-ring (bicyclic) bond motifs is 6. The van der Waals surface area contributed by atoms with Gasteiger partial charge in [-0.15, -0.1) is 0 Å². The van der Waals surface area contributed by atoms with Gasteiger partial charge in [0, 0.05) is 45.0 Å². The summed E-state index contributed by atoms with van der Waals surface area (Å²) < 4.78 is 0. The van der Waals surface area contributed by atoms with Crippen molar-refractivity contribution < 1.29 is 0 Å². The van der Waals surface area contributed by atoms with Gasteiger partial charge in [0.05, 0.1) is 0 Å². The van der Waals surface area contributed by atoms with Crippen LogP contribution in [0.25, 0.3) is 46.6 Å². The quantitative estimate of drug-likeness (QED) is 0.126. The first-order chi connectivity index (χ1) is 33.8. The Morgan fingerprint density at radius 2 is 0.529 bits per heavy atom. The number of benzene rings is 9. The molecule has 0 spiro atoms. The van der Waals surface area contributed by atoms with Gasteiger partial charge >= 0.3 is 0 Å². The predicted octanol–water partition coefficient (Wildman–Crippen LogP) is 18.8.